The third-order valence-corrected chi connectivity index (χ3v) is 5.79. The average Bonchev–Trinajstić information content (AvgIpc) is 2.79. The first-order chi connectivity index (χ1) is 9.70. The van der Waals surface area contributed by atoms with Crippen molar-refractivity contribution >= 4 is 38.0 Å². The van der Waals surface area contributed by atoms with Gasteiger partial charge in [0.1, 0.15) is 0 Å². The first-order valence-corrected chi connectivity index (χ1v) is 8.22. The van der Waals surface area contributed by atoms with Crippen molar-refractivity contribution in [3.63, 3.8) is 0 Å². The predicted octanol–water partition coefficient (Wildman–Crippen LogP) is 5.28. The van der Waals surface area contributed by atoms with Gasteiger partial charge in [0.25, 0.3) is 0 Å². The molecule has 0 bridgehead atoms. The number of benzene rings is 2. The van der Waals surface area contributed by atoms with E-state index in [1.807, 2.05) is 7.05 Å². The van der Waals surface area contributed by atoms with Crippen LogP contribution in [0.1, 0.15) is 22.0 Å². The second-order valence-electron chi connectivity index (χ2n) is 4.90. The number of thiophene rings is 1. The van der Waals surface area contributed by atoms with Crippen LogP contribution in [-0.2, 0) is 0 Å². The summed E-state index contributed by atoms with van der Waals surface area (Å²) in [6.45, 7) is 2.14. The molecule has 0 saturated heterocycles. The molecule has 1 N–H and O–H groups in total. The van der Waals surface area contributed by atoms with Gasteiger partial charge in [0, 0.05) is 4.88 Å². The molecule has 0 aliphatic heterocycles. The van der Waals surface area contributed by atoms with Crippen molar-refractivity contribution in [2.45, 2.75) is 13.0 Å². The SMILES string of the molecule is CNC(c1cc(C)c(Br)s1)c1cccc2ccccc12. The summed E-state index contributed by atoms with van der Waals surface area (Å²) >= 11 is 5.43. The number of hydrogen-bond acceptors (Lipinski definition) is 2. The summed E-state index contributed by atoms with van der Waals surface area (Å²) < 4.78 is 1.22. The number of aryl methyl sites for hydroxylation is 1. The Hall–Kier alpha value is -1.16. The minimum Gasteiger partial charge on any atom is -0.309 e. The van der Waals surface area contributed by atoms with Crippen LogP contribution in [0.3, 0.4) is 0 Å². The molecular formula is C17H16BrNS. The number of rotatable bonds is 3. The van der Waals surface area contributed by atoms with Crippen LogP contribution in [0.25, 0.3) is 10.8 Å². The van der Waals surface area contributed by atoms with Crippen molar-refractivity contribution in [3.05, 3.63) is 68.3 Å². The maximum absolute atomic E-state index is 3.63. The van der Waals surface area contributed by atoms with Gasteiger partial charge in [0.2, 0.25) is 0 Å². The van der Waals surface area contributed by atoms with Gasteiger partial charge in [0.05, 0.1) is 9.83 Å². The molecule has 3 heteroatoms. The Morgan fingerprint density at radius 1 is 1.10 bits per heavy atom. The van der Waals surface area contributed by atoms with Crippen LogP contribution in [0.4, 0.5) is 0 Å². The molecule has 0 saturated carbocycles. The summed E-state index contributed by atoms with van der Waals surface area (Å²) in [6, 6.07) is 17.6. The van der Waals surface area contributed by atoms with E-state index in [2.05, 4.69) is 76.7 Å². The Morgan fingerprint density at radius 3 is 2.55 bits per heavy atom. The molecule has 0 aliphatic rings. The summed E-state index contributed by atoms with van der Waals surface area (Å²) in [5.41, 5.74) is 2.63. The van der Waals surface area contributed by atoms with Gasteiger partial charge in [-0.05, 0) is 57.9 Å². The fraction of sp³-hybridized carbons (Fsp3) is 0.176. The molecule has 0 amide bonds. The Labute approximate surface area is 131 Å². The van der Waals surface area contributed by atoms with Crippen LogP contribution in [-0.4, -0.2) is 7.05 Å². The summed E-state index contributed by atoms with van der Waals surface area (Å²) in [5.74, 6) is 0. The van der Waals surface area contributed by atoms with Crippen molar-refractivity contribution in [3.8, 4) is 0 Å². The van der Waals surface area contributed by atoms with Gasteiger partial charge >= 0.3 is 0 Å². The topological polar surface area (TPSA) is 12.0 Å². The van der Waals surface area contributed by atoms with Crippen molar-refractivity contribution < 1.29 is 0 Å². The fourth-order valence-electron chi connectivity index (χ4n) is 2.58. The predicted molar refractivity (Wildman–Crippen MR) is 91.6 cm³/mol. The molecule has 0 spiro atoms. The van der Waals surface area contributed by atoms with Crippen molar-refractivity contribution in [2.24, 2.45) is 0 Å². The minimum absolute atomic E-state index is 0.232. The molecule has 3 rings (SSSR count). The van der Waals surface area contributed by atoms with E-state index in [0.717, 1.165) is 0 Å². The largest absolute Gasteiger partial charge is 0.309 e. The lowest BCUT2D eigenvalue weighted by molar-refractivity contribution is 0.709. The summed E-state index contributed by atoms with van der Waals surface area (Å²) in [4.78, 5) is 1.34. The second kappa shape index (κ2) is 5.68. The molecule has 0 fully saturated rings. The van der Waals surface area contributed by atoms with E-state index >= 15 is 0 Å². The molecule has 2 aromatic carbocycles. The molecule has 1 nitrogen and oxygen atoms in total. The third-order valence-electron chi connectivity index (χ3n) is 3.58. The van der Waals surface area contributed by atoms with Gasteiger partial charge in [-0.1, -0.05) is 42.5 Å². The summed E-state index contributed by atoms with van der Waals surface area (Å²) in [5, 5.41) is 6.06. The second-order valence-corrected chi connectivity index (χ2v) is 7.30. The van der Waals surface area contributed by atoms with Gasteiger partial charge in [-0.25, -0.2) is 0 Å². The molecule has 0 radical (unpaired) electrons. The Kier molecular flexibility index (Phi) is 3.92. The van der Waals surface area contributed by atoms with Crippen molar-refractivity contribution in [1.29, 1.82) is 0 Å². The maximum atomic E-state index is 3.63. The fourth-order valence-corrected chi connectivity index (χ4v) is 4.28. The van der Waals surface area contributed by atoms with Gasteiger partial charge in [0.15, 0.2) is 0 Å². The molecule has 1 aromatic heterocycles. The van der Waals surface area contributed by atoms with E-state index in [-0.39, 0.29) is 6.04 Å². The molecule has 1 heterocycles. The number of halogens is 1. The maximum Gasteiger partial charge on any atom is 0.0731 e. The van der Waals surface area contributed by atoms with Crippen molar-refractivity contribution in [1.82, 2.24) is 5.32 Å². The normalized spacial score (nSPS) is 12.8. The van der Waals surface area contributed by atoms with E-state index in [9.17, 15) is 0 Å². The number of fused-ring (bicyclic) bond motifs is 1. The molecule has 1 unspecified atom stereocenters. The Morgan fingerprint density at radius 2 is 1.85 bits per heavy atom. The monoisotopic (exact) mass is 345 g/mol. The number of hydrogen-bond donors (Lipinski definition) is 1. The van der Waals surface area contributed by atoms with Crippen LogP contribution in [0.5, 0.6) is 0 Å². The van der Waals surface area contributed by atoms with Gasteiger partial charge < -0.3 is 5.32 Å². The van der Waals surface area contributed by atoms with Crippen LogP contribution in [0.2, 0.25) is 0 Å². The zero-order valence-electron chi connectivity index (χ0n) is 11.5. The smallest absolute Gasteiger partial charge is 0.0731 e. The van der Waals surface area contributed by atoms with Crippen LogP contribution in [0.15, 0.2) is 52.3 Å². The van der Waals surface area contributed by atoms with E-state index < -0.39 is 0 Å². The highest BCUT2D eigenvalue weighted by Crippen LogP contribution is 2.36. The summed E-state index contributed by atoms with van der Waals surface area (Å²) in [7, 11) is 2.02. The molecule has 0 aliphatic carbocycles. The molecule has 3 aromatic rings. The summed E-state index contributed by atoms with van der Waals surface area (Å²) in [6.07, 6.45) is 0. The van der Waals surface area contributed by atoms with Crippen LogP contribution in [0, 0.1) is 6.92 Å². The zero-order chi connectivity index (χ0) is 14.1. The average molecular weight is 346 g/mol. The lowest BCUT2D eigenvalue weighted by Gasteiger charge is -2.17. The Balaban J connectivity index is 2.16. The van der Waals surface area contributed by atoms with E-state index in [4.69, 9.17) is 0 Å². The van der Waals surface area contributed by atoms with Gasteiger partial charge in [-0.2, -0.15) is 0 Å². The van der Waals surface area contributed by atoms with Crippen molar-refractivity contribution in [2.75, 3.05) is 7.05 Å². The quantitative estimate of drug-likeness (QED) is 0.680. The first kappa shape index (κ1) is 13.8. The van der Waals surface area contributed by atoms with E-state index in [0.29, 0.717) is 0 Å². The highest BCUT2D eigenvalue weighted by molar-refractivity contribution is 9.11. The molecular weight excluding hydrogens is 330 g/mol. The minimum atomic E-state index is 0.232. The highest BCUT2D eigenvalue weighted by atomic mass is 79.9. The lowest BCUT2D eigenvalue weighted by Crippen LogP contribution is -2.16. The Bertz CT molecular complexity index is 723. The zero-order valence-corrected chi connectivity index (χ0v) is 13.9. The molecule has 1 atom stereocenters. The van der Waals surface area contributed by atoms with Crippen LogP contribution < -0.4 is 5.32 Å². The lowest BCUT2D eigenvalue weighted by atomic mass is 9.97. The molecule has 102 valence electrons. The van der Waals surface area contributed by atoms with E-state index in [1.165, 1.54) is 30.6 Å². The molecule has 20 heavy (non-hydrogen) atoms. The third kappa shape index (κ3) is 2.41. The standard InChI is InChI=1S/C17H16BrNS/c1-11-10-15(20-17(11)18)16(19-2)14-9-5-7-12-6-3-4-8-13(12)14/h3-10,16,19H,1-2H3. The van der Waals surface area contributed by atoms with Gasteiger partial charge in [-0.3, -0.25) is 0 Å². The highest BCUT2D eigenvalue weighted by Gasteiger charge is 2.17. The van der Waals surface area contributed by atoms with Gasteiger partial charge in [-0.15, -0.1) is 11.3 Å². The number of nitrogens with one attached hydrogen (secondary N) is 1. The van der Waals surface area contributed by atoms with E-state index in [1.54, 1.807) is 11.3 Å². The first-order valence-electron chi connectivity index (χ1n) is 6.61. The van der Waals surface area contributed by atoms with Crippen LogP contribution >= 0.6 is 27.3 Å².